The zero-order chi connectivity index (χ0) is 30.2. The Kier molecular flexibility index (Phi) is 13.9. The first kappa shape index (κ1) is 32.7. The van der Waals surface area contributed by atoms with Gasteiger partial charge in [-0.25, -0.2) is 14.4 Å². The Balaban J connectivity index is 1.44. The van der Waals surface area contributed by atoms with E-state index in [0.717, 1.165) is 41.6 Å². The van der Waals surface area contributed by atoms with E-state index in [0.29, 0.717) is 29.2 Å². The van der Waals surface area contributed by atoms with Crippen molar-refractivity contribution < 1.29 is 28.6 Å². The number of aryl methyl sites for hydroxylation is 2. The van der Waals surface area contributed by atoms with Crippen LogP contribution in [-0.4, -0.2) is 30.3 Å². The number of esters is 3. The smallest absolute Gasteiger partial charge is 0.343 e. The van der Waals surface area contributed by atoms with Gasteiger partial charge >= 0.3 is 17.9 Å². The van der Waals surface area contributed by atoms with Gasteiger partial charge < -0.3 is 14.2 Å². The molecule has 0 atom stereocenters. The molecular weight excluding hydrogens is 548 g/mol. The molecule has 0 unspecified atom stereocenters. The predicted molar refractivity (Wildman–Crippen MR) is 168 cm³/mol. The van der Waals surface area contributed by atoms with Crippen LogP contribution < -0.4 is 9.47 Å². The van der Waals surface area contributed by atoms with E-state index in [2.05, 4.69) is 13.5 Å². The molecule has 0 aliphatic heterocycles. The minimum absolute atomic E-state index is 0.341. The summed E-state index contributed by atoms with van der Waals surface area (Å²) in [5.41, 5.74) is 3.03. The van der Waals surface area contributed by atoms with Gasteiger partial charge in [0.05, 0.1) is 17.7 Å². The molecule has 0 bridgehead atoms. The summed E-state index contributed by atoms with van der Waals surface area (Å²) in [6.45, 7) is 7.92. The lowest BCUT2D eigenvalue weighted by molar-refractivity contribution is -0.137. The number of hydrogen-bond acceptors (Lipinski definition) is 7. The van der Waals surface area contributed by atoms with Gasteiger partial charge in [-0.3, -0.25) is 0 Å². The molecule has 0 N–H and O–H groups in total. The van der Waals surface area contributed by atoms with Crippen molar-refractivity contribution in [1.82, 2.24) is 0 Å². The Morgan fingerprint density at radius 2 is 1.38 bits per heavy atom. The second kappa shape index (κ2) is 17.9. The van der Waals surface area contributed by atoms with Crippen LogP contribution in [0.2, 0.25) is 0 Å². The summed E-state index contributed by atoms with van der Waals surface area (Å²) in [5, 5.41) is 0. The third kappa shape index (κ3) is 11.2. The van der Waals surface area contributed by atoms with Gasteiger partial charge in [0.2, 0.25) is 0 Å². The summed E-state index contributed by atoms with van der Waals surface area (Å²) in [7, 11) is 0. The zero-order valence-corrected chi connectivity index (χ0v) is 25.4. The Morgan fingerprint density at radius 1 is 0.762 bits per heavy atom. The lowest BCUT2D eigenvalue weighted by atomic mass is 10.1. The van der Waals surface area contributed by atoms with E-state index in [1.54, 1.807) is 48.2 Å². The van der Waals surface area contributed by atoms with Crippen LogP contribution in [0.25, 0.3) is 0 Å². The Hall–Kier alpha value is -3.84. The molecule has 222 valence electrons. The molecule has 0 saturated carbocycles. The van der Waals surface area contributed by atoms with Crippen molar-refractivity contribution in [3.63, 3.8) is 0 Å². The minimum Gasteiger partial charge on any atom is -0.463 e. The van der Waals surface area contributed by atoms with Gasteiger partial charge in [0.25, 0.3) is 0 Å². The largest absolute Gasteiger partial charge is 0.463 e. The minimum atomic E-state index is -0.473. The molecule has 0 radical (unpaired) electrons. The SMILES string of the molecule is C=CC(=O)OCCCCSc1ccc(C(=O)Oc2ccc(C(=O)Oc3ccc(CCCCCCC)cc3)cc2)cc1C. The number of carbonyl (C=O) groups is 3. The molecule has 6 nitrogen and oxygen atoms in total. The molecule has 42 heavy (non-hydrogen) atoms. The maximum Gasteiger partial charge on any atom is 0.343 e. The van der Waals surface area contributed by atoms with Crippen LogP contribution in [0.3, 0.4) is 0 Å². The van der Waals surface area contributed by atoms with E-state index in [9.17, 15) is 14.4 Å². The molecule has 3 aromatic rings. The summed E-state index contributed by atoms with van der Waals surface area (Å²) in [6.07, 6.45) is 10.1. The highest BCUT2D eigenvalue weighted by molar-refractivity contribution is 7.99. The number of carbonyl (C=O) groups excluding carboxylic acids is 3. The normalized spacial score (nSPS) is 10.6. The number of unbranched alkanes of at least 4 members (excludes halogenated alkanes) is 5. The van der Waals surface area contributed by atoms with Gasteiger partial charge in [-0.2, -0.15) is 0 Å². The zero-order valence-electron chi connectivity index (χ0n) is 24.6. The molecule has 0 saturated heterocycles. The second-order valence-corrected chi connectivity index (χ2v) is 11.2. The molecule has 0 aliphatic carbocycles. The van der Waals surface area contributed by atoms with Crippen LogP contribution in [0, 0.1) is 6.92 Å². The van der Waals surface area contributed by atoms with Crippen molar-refractivity contribution >= 4 is 29.7 Å². The van der Waals surface area contributed by atoms with E-state index < -0.39 is 17.9 Å². The van der Waals surface area contributed by atoms with Gasteiger partial charge in [-0.05, 0) is 104 Å². The maximum absolute atomic E-state index is 12.7. The molecule has 0 amide bonds. The van der Waals surface area contributed by atoms with E-state index in [-0.39, 0.29) is 0 Å². The highest BCUT2D eigenvalue weighted by Gasteiger charge is 2.13. The van der Waals surface area contributed by atoms with Crippen LogP contribution in [0.5, 0.6) is 11.5 Å². The molecule has 0 aromatic heterocycles. The highest BCUT2D eigenvalue weighted by atomic mass is 32.2. The monoisotopic (exact) mass is 588 g/mol. The van der Waals surface area contributed by atoms with Gasteiger partial charge in [0.15, 0.2) is 0 Å². The van der Waals surface area contributed by atoms with Crippen LogP contribution in [0.15, 0.2) is 84.3 Å². The lowest BCUT2D eigenvalue weighted by Gasteiger charge is -2.09. The first-order valence-electron chi connectivity index (χ1n) is 14.6. The summed E-state index contributed by atoms with van der Waals surface area (Å²) in [4.78, 5) is 37.5. The van der Waals surface area contributed by atoms with Crippen molar-refractivity contribution in [2.75, 3.05) is 12.4 Å². The fraction of sp³-hybridized carbons (Fsp3) is 0.343. The quantitative estimate of drug-likeness (QED) is 0.0514. The summed E-state index contributed by atoms with van der Waals surface area (Å²) in [6, 6.07) is 19.4. The third-order valence-electron chi connectivity index (χ3n) is 6.62. The summed E-state index contributed by atoms with van der Waals surface area (Å²) in [5.74, 6) is 0.361. The maximum atomic E-state index is 12.7. The summed E-state index contributed by atoms with van der Waals surface area (Å²) < 4.78 is 16.0. The second-order valence-electron chi connectivity index (χ2n) is 10.0. The number of benzene rings is 3. The Labute approximate surface area is 253 Å². The van der Waals surface area contributed by atoms with E-state index >= 15 is 0 Å². The summed E-state index contributed by atoms with van der Waals surface area (Å²) >= 11 is 1.69. The van der Waals surface area contributed by atoms with Crippen molar-refractivity contribution in [3.05, 3.63) is 102 Å². The standard InChI is InChI=1S/C35H40O6S/c1-4-6-7-8-9-12-27-13-18-30(19-14-27)40-34(37)28-15-20-31(21-16-28)41-35(38)29-17-22-32(26(3)25-29)42-24-11-10-23-39-33(36)5-2/h5,13-22,25H,2,4,6-12,23-24H2,1,3H3. The van der Waals surface area contributed by atoms with E-state index in [1.807, 2.05) is 37.3 Å². The molecule has 3 rings (SSSR count). The average Bonchev–Trinajstić information content (AvgIpc) is 3.00. The fourth-order valence-corrected chi connectivity index (χ4v) is 5.22. The molecule has 0 aliphatic rings. The Morgan fingerprint density at radius 3 is 2.02 bits per heavy atom. The van der Waals surface area contributed by atoms with Crippen molar-refractivity contribution in [2.45, 2.75) is 70.1 Å². The van der Waals surface area contributed by atoms with Crippen LogP contribution in [0.1, 0.15) is 83.7 Å². The molecule has 7 heteroatoms. The molecule has 0 fully saturated rings. The van der Waals surface area contributed by atoms with Crippen molar-refractivity contribution in [1.29, 1.82) is 0 Å². The van der Waals surface area contributed by atoms with Crippen LogP contribution in [0.4, 0.5) is 0 Å². The number of ether oxygens (including phenoxy) is 3. The van der Waals surface area contributed by atoms with Gasteiger partial charge in [-0.1, -0.05) is 51.3 Å². The van der Waals surface area contributed by atoms with E-state index in [1.165, 1.54) is 37.7 Å². The number of thioether (sulfide) groups is 1. The highest BCUT2D eigenvalue weighted by Crippen LogP contribution is 2.25. The molecule has 3 aromatic carbocycles. The molecular formula is C35H40O6S. The van der Waals surface area contributed by atoms with Crippen LogP contribution in [-0.2, 0) is 16.0 Å². The fourth-order valence-electron chi connectivity index (χ4n) is 4.20. The molecule has 0 heterocycles. The number of rotatable bonds is 17. The van der Waals surface area contributed by atoms with Crippen molar-refractivity contribution in [2.24, 2.45) is 0 Å². The van der Waals surface area contributed by atoms with Gasteiger partial charge in [0, 0.05) is 11.0 Å². The Bertz CT molecular complexity index is 1310. The predicted octanol–water partition coefficient (Wildman–Crippen LogP) is 8.55. The van der Waals surface area contributed by atoms with Gasteiger partial charge in [-0.15, -0.1) is 11.8 Å². The van der Waals surface area contributed by atoms with Crippen LogP contribution >= 0.6 is 11.8 Å². The average molecular weight is 589 g/mol. The molecule has 0 spiro atoms. The third-order valence-corrected chi connectivity index (χ3v) is 7.88. The first-order valence-corrected chi connectivity index (χ1v) is 15.5. The topological polar surface area (TPSA) is 78.9 Å². The number of hydrogen-bond donors (Lipinski definition) is 0. The van der Waals surface area contributed by atoms with Gasteiger partial charge in [0.1, 0.15) is 11.5 Å². The van der Waals surface area contributed by atoms with E-state index in [4.69, 9.17) is 14.2 Å². The lowest BCUT2D eigenvalue weighted by Crippen LogP contribution is -2.10. The first-order chi connectivity index (χ1) is 20.4. The van der Waals surface area contributed by atoms with Crippen molar-refractivity contribution in [3.8, 4) is 11.5 Å².